The first-order valence-electron chi connectivity index (χ1n) is 5.82. The van der Waals surface area contributed by atoms with E-state index in [1.165, 1.54) is 16.7 Å². The van der Waals surface area contributed by atoms with Crippen molar-refractivity contribution in [1.82, 2.24) is 9.88 Å². The largest absolute Gasteiger partial charge is 0.476 e. The number of carboxylic acid groups (broad SMARTS) is 1. The highest BCUT2D eigenvalue weighted by Crippen LogP contribution is 2.17. The van der Waals surface area contributed by atoms with E-state index >= 15 is 0 Å². The lowest BCUT2D eigenvalue weighted by molar-refractivity contribution is -0.130. The van der Waals surface area contributed by atoms with Crippen molar-refractivity contribution in [2.24, 2.45) is 0 Å². The lowest BCUT2D eigenvalue weighted by Gasteiger charge is -2.20. The zero-order valence-corrected chi connectivity index (χ0v) is 10.9. The third-order valence-corrected chi connectivity index (χ3v) is 3.62. The van der Waals surface area contributed by atoms with Crippen LogP contribution in [0.15, 0.2) is 5.38 Å². The van der Waals surface area contributed by atoms with Gasteiger partial charge in [-0.25, -0.2) is 9.78 Å². The second-order valence-electron chi connectivity index (χ2n) is 4.24. The number of amides is 1. The first-order chi connectivity index (χ1) is 8.58. The fourth-order valence-electron chi connectivity index (χ4n) is 1.90. The molecule has 1 fully saturated rings. The molecule has 1 atom stereocenters. The summed E-state index contributed by atoms with van der Waals surface area (Å²) in [6.07, 6.45) is 2.11. The van der Waals surface area contributed by atoms with Gasteiger partial charge in [-0.05, 0) is 19.8 Å². The van der Waals surface area contributed by atoms with Gasteiger partial charge in [-0.15, -0.1) is 11.3 Å². The molecule has 1 aliphatic rings. The summed E-state index contributed by atoms with van der Waals surface area (Å²) in [4.78, 5) is 28.4. The van der Waals surface area contributed by atoms with Crippen molar-refractivity contribution in [1.29, 1.82) is 0 Å². The fraction of sp³-hybridized carbons (Fsp3) is 0.545. The highest BCUT2D eigenvalue weighted by molar-refractivity contribution is 7.13. The number of carbonyl (C=O) groups is 2. The molecule has 0 aliphatic carbocycles. The Morgan fingerprint density at radius 1 is 1.50 bits per heavy atom. The molecule has 98 valence electrons. The van der Waals surface area contributed by atoms with Gasteiger partial charge in [0.15, 0.2) is 10.8 Å². The third-order valence-electron chi connectivity index (χ3n) is 2.85. The van der Waals surface area contributed by atoms with Gasteiger partial charge in [0.1, 0.15) is 6.04 Å². The molecule has 2 rings (SSSR count). The minimum absolute atomic E-state index is 0.00308. The molecule has 6 nitrogen and oxygen atoms in total. The number of aromatic nitrogens is 1. The molecule has 1 saturated heterocycles. The molecule has 0 saturated carbocycles. The first-order valence-corrected chi connectivity index (χ1v) is 6.70. The average molecular weight is 269 g/mol. The zero-order chi connectivity index (χ0) is 13.1. The maximum Gasteiger partial charge on any atom is 0.355 e. The van der Waals surface area contributed by atoms with Crippen molar-refractivity contribution in [3.8, 4) is 0 Å². The number of carboxylic acids is 1. The summed E-state index contributed by atoms with van der Waals surface area (Å²) in [6.45, 7) is 3.38. The number of rotatable bonds is 4. The van der Waals surface area contributed by atoms with Crippen LogP contribution in [0.4, 0.5) is 5.13 Å². The minimum Gasteiger partial charge on any atom is -0.476 e. The van der Waals surface area contributed by atoms with E-state index in [1.54, 1.807) is 6.92 Å². The SMILES string of the molecule is CC(Nc1nc(C(=O)O)cs1)C(=O)N1CCCC1. The molecule has 2 N–H and O–H groups in total. The van der Waals surface area contributed by atoms with Crippen LogP contribution in [-0.2, 0) is 4.79 Å². The normalized spacial score (nSPS) is 16.6. The molecule has 1 aromatic heterocycles. The van der Waals surface area contributed by atoms with Crippen molar-refractivity contribution in [2.75, 3.05) is 18.4 Å². The van der Waals surface area contributed by atoms with Gasteiger partial charge in [0.25, 0.3) is 0 Å². The number of nitrogens with one attached hydrogen (secondary N) is 1. The summed E-state index contributed by atoms with van der Waals surface area (Å²) in [5.41, 5.74) is 0.00308. The van der Waals surface area contributed by atoms with Crippen LogP contribution >= 0.6 is 11.3 Å². The molecule has 7 heteroatoms. The van der Waals surface area contributed by atoms with E-state index in [0.717, 1.165) is 25.9 Å². The number of anilines is 1. The maximum absolute atomic E-state index is 12.0. The average Bonchev–Trinajstić information content (AvgIpc) is 2.98. The summed E-state index contributed by atoms with van der Waals surface area (Å²) in [5.74, 6) is -1.02. The van der Waals surface area contributed by atoms with E-state index in [2.05, 4.69) is 10.3 Å². The van der Waals surface area contributed by atoms with E-state index < -0.39 is 5.97 Å². The molecular weight excluding hydrogens is 254 g/mol. The van der Waals surface area contributed by atoms with Crippen molar-refractivity contribution in [2.45, 2.75) is 25.8 Å². The van der Waals surface area contributed by atoms with Crippen LogP contribution in [-0.4, -0.2) is 46.0 Å². The van der Waals surface area contributed by atoms with Gasteiger partial charge in [0.05, 0.1) is 0 Å². The predicted molar refractivity (Wildman–Crippen MR) is 68.0 cm³/mol. The number of nitrogens with zero attached hydrogens (tertiary/aromatic N) is 2. The zero-order valence-electron chi connectivity index (χ0n) is 10.0. The van der Waals surface area contributed by atoms with Crippen LogP contribution < -0.4 is 5.32 Å². The van der Waals surface area contributed by atoms with Gasteiger partial charge in [-0.2, -0.15) is 0 Å². The van der Waals surface area contributed by atoms with Crippen LogP contribution in [0.2, 0.25) is 0 Å². The minimum atomic E-state index is -1.06. The molecule has 0 spiro atoms. The van der Waals surface area contributed by atoms with Crippen LogP contribution in [0.1, 0.15) is 30.3 Å². The molecule has 1 unspecified atom stereocenters. The van der Waals surface area contributed by atoms with Gasteiger partial charge >= 0.3 is 5.97 Å². The molecule has 18 heavy (non-hydrogen) atoms. The predicted octanol–water partition coefficient (Wildman–Crippen LogP) is 1.26. The molecule has 1 amide bonds. The molecule has 1 aromatic rings. The van der Waals surface area contributed by atoms with E-state index in [-0.39, 0.29) is 17.6 Å². The number of carbonyl (C=O) groups excluding carboxylic acids is 1. The van der Waals surface area contributed by atoms with Gasteiger partial charge in [0, 0.05) is 18.5 Å². The Bertz CT molecular complexity index is 454. The molecular formula is C11H15N3O3S. The Kier molecular flexibility index (Phi) is 3.81. The van der Waals surface area contributed by atoms with Crippen molar-refractivity contribution >= 4 is 28.3 Å². The summed E-state index contributed by atoms with van der Waals surface area (Å²) in [6, 6.07) is -0.379. The van der Waals surface area contributed by atoms with E-state index in [9.17, 15) is 9.59 Å². The Morgan fingerprint density at radius 2 is 2.17 bits per heavy atom. The smallest absolute Gasteiger partial charge is 0.355 e. The van der Waals surface area contributed by atoms with Crippen molar-refractivity contribution < 1.29 is 14.7 Å². The number of likely N-dealkylation sites (tertiary alicyclic amines) is 1. The lowest BCUT2D eigenvalue weighted by atomic mass is 10.3. The molecule has 2 heterocycles. The monoisotopic (exact) mass is 269 g/mol. The van der Waals surface area contributed by atoms with Gasteiger partial charge in [0.2, 0.25) is 5.91 Å². The lowest BCUT2D eigenvalue weighted by Crippen LogP contribution is -2.39. The molecule has 0 radical (unpaired) electrons. The summed E-state index contributed by atoms with van der Waals surface area (Å²) < 4.78 is 0. The Morgan fingerprint density at radius 3 is 2.72 bits per heavy atom. The van der Waals surface area contributed by atoms with Crippen molar-refractivity contribution in [3.63, 3.8) is 0 Å². The Balaban J connectivity index is 1.95. The molecule has 0 bridgehead atoms. The van der Waals surface area contributed by atoms with E-state index in [1.807, 2.05) is 4.90 Å². The third kappa shape index (κ3) is 2.79. The summed E-state index contributed by atoms with van der Waals surface area (Å²) >= 11 is 1.19. The second kappa shape index (κ2) is 5.34. The Hall–Kier alpha value is -1.63. The van der Waals surface area contributed by atoms with Crippen LogP contribution in [0.3, 0.4) is 0 Å². The first kappa shape index (κ1) is 12.8. The number of aromatic carboxylic acids is 1. The molecule has 0 aromatic carbocycles. The van der Waals surface area contributed by atoms with Gasteiger partial charge in [-0.3, -0.25) is 4.79 Å². The quantitative estimate of drug-likeness (QED) is 0.860. The highest BCUT2D eigenvalue weighted by atomic mass is 32.1. The van der Waals surface area contributed by atoms with Crippen molar-refractivity contribution in [3.05, 3.63) is 11.1 Å². The number of thiazole rings is 1. The Labute approximate surface area is 109 Å². The second-order valence-corrected chi connectivity index (χ2v) is 5.10. The molecule has 1 aliphatic heterocycles. The standard InChI is InChI=1S/C11H15N3O3S/c1-7(9(15)14-4-2-3-5-14)12-11-13-8(6-18-11)10(16)17/h6-7H,2-5H2,1H3,(H,12,13)(H,16,17). The van der Waals surface area contributed by atoms with Gasteiger partial charge < -0.3 is 15.3 Å². The highest BCUT2D eigenvalue weighted by Gasteiger charge is 2.23. The topological polar surface area (TPSA) is 82.5 Å². The summed E-state index contributed by atoms with van der Waals surface area (Å²) in [5, 5.41) is 13.6. The fourth-order valence-corrected chi connectivity index (χ4v) is 2.67. The van der Waals surface area contributed by atoms with E-state index in [4.69, 9.17) is 5.11 Å². The van der Waals surface area contributed by atoms with E-state index in [0.29, 0.717) is 5.13 Å². The van der Waals surface area contributed by atoms with Crippen LogP contribution in [0, 0.1) is 0 Å². The number of hydrogen-bond acceptors (Lipinski definition) is 5. The number of hydrogen-bond donors (Lipinski definition) is 2. The van der Waals surface area contributed by atoms with Crippen LogP contribution in [0.25, 0.3) is 0 Å². The maximum atomic E-state index is 12.0. The summed E-state index contributed by atoms with van der Waals surface area (Å²) in [7, 11) is 0. The van der Waals surface area contributed by atoms with Gasteiger partial charge in [-0.1, -0.05) is 0 Å². The van der Waals surface area contributed by atoms with Crippen LogP contribution in [0.5, 0.6) is 0 Å².